The van der Waals surface area contributed by atoms with E-state index < -0.39 is 0 Å². The Bertz CT molecular complexity index is 855. The van der Waals surface area contributed by atoms with Crippen molar-refractivity contribution in [2.45, 2.75) is 26.1 Å². The van der Waals surface area contributed by atoms with Gasteiger partial charge in [-0.25, -0.2) is 0 Å². The Morgan fingerprint density at radius 3 is 2.44 bits per heavy atom. The lowest BCUT2D eigenvalue weighted by atomic mass is 10.1. The summed E-state index contributed by atoms with van der Waals surface area (Å²) in [7, 11) is 0. The Hall–Kier alpha value is -1.71. The molecule has 1 atom stereocenters. The van der Waals surface area contributed by atoms with Gasteiger partial charge in [-0.1, -0.05) is 71.7 Å². The molecule has 27 heavy (non-hydrogen) atoms. The summed E-state index contributed by atoms with van der Waals surface area (Å²) < 4.78 is 5.89. The first-order chi connectivity index (χ1) is 12.6. The number of halogens is 3. The van der Waals surface area contributed by atoms with Gasteiger partial charge in [-0.2, -0.15) is 0 Å². The van der Waals surface area contributed by atoms with Gasteiger partial charge in [0.1, 0.15) is 12.4 Å². The van der Waals surface area contributed by atoms with E-state index in [2.05, 4.69) is 48.6 Å². The van der Waals surface area contributed by atoms with Crippen molar-refractivity contribution < 1.29 is 4.74 Å². The minimum Gasteiger partial charge on any atom is -0.489 e. The molecule has 0 aliphatic carbocycles. The summed E-state index contributed by atoms with van der Waals surface area (Å²) in [5, 5.41) is 4.78. The van der Waals surface area contributed by atoms with Gasteiger partial charge in [-0.15, -0.1) is 12.4 Å². The van der Waals surface area contributed by atoms with E-state index in [1.54, 1.807) is 6.07 Å². The van der Waals surface area contributed by atoms with E-state index in [4.69, 9.17) is 27.9 Å². The molecule has 5 heteroatoms. The lowest BCUT2D eigenvalue weighted by Gasteiger charge is -2.15. The molecule has 1 N–H and O–H groups in total. The van der Waals surface area contributed by atoms with Crippen molar-refractivity contribution >= 4 is 35.6 Å². The van der Waals surface area contributed by atoms with Crippen LogP contribution in [-0.4, -0.2) is 0 Å². The van der Waals surface area contributed by atoms with Crippen LogP contribution in [-0.2, 0) is 13.2 Å². The lowest BCUT2D eigenvalue weighted by molar-refractivity contribution is 0.306. The van der Waals surface area contributed by atoms with E-state index in [1.165, 1.54) is 11.1 Å². The predicted octanol–water partition coefficient (Wildman–Crippen LogP) is 6.85. The van der Waals surface area contributed by atoms with E-state index in [0.29, 0.717) is 16.7 Å². The van der Waals surface area contributed by atoms with E-state index in [9.17, 15) is 0 Å². The first kappa shape index (κ1) is 21.6. The van der Waals surface area contributed by atoms with E-state index in [0.717, 1.165) is 17.9 Å². The zero-order valence-corrected chi connectivity index (χ0v) is 17.3. The van der Waals surface area contributed by atoms with Gasteiger partial charge in [-0.05, 0) is 42.3 Å². The topological polar surface area (TPSA) is 21.3 Å². The zero-order chi connectivity index (χ0) is 18.4. The summed E-state index contributed by atoms with van der Waals surface area (Å²) in [6.07, 6.45) is 0. The molecule has 0 aliphatic heterocycles. The number of ether oxygens (including phenoxy) is 1. The van der Waals surface area contributed by atoms with Crippen molar-refractivity contribution in [2.75, 3.05) is 0 Å². The maximum atomic E-state index is 6.20. The van der Waals surface area contributed by atoms with Crippen LogP contribution in [0.4, 0.5) is 0 Å². The molecule has 0 aliphatic rings. The predicted molar refractivity (Wildman–Crippen MR) is 116 cm³/mol. The molecule has 3 aromatic rings. The van der Waals surface area contributed by atoms with Crippen LogP contribution < -0.4 is 10.1 Å². The summed E-state index contributed by atoms with van der Waals surface area (Å²) in [5.74, 6) is 0.822. The Morgan fingerprint density at radius 1 is 0.926 bits per heavy atom. The summed E-state index contributed by atoms with van der Waals surface area (Å²) in [5.41, 5.74) is 3.36. The summed E-state index contributed by atoms with van der Waals surface area (Å²) in [6, 6.07) is 24.2. The fraction of sp³-hybridized carbons (Fsp3) is 0.182. The largest absolute Gasteiger partial charge is 0.489 e. The smallest absolute Gasteiger partial charge is 0.120 e. The highest BCUT2D eigenvalue weighted by atomic mass is 35.5. The van der Waals surface area contributed by atoms with Crippen molar-refractivity contribution in [1.82, 2.24) is 5.32 Å². The fourth-order valence-electron chi connectivity index (χ4n) is 2.68. The molecular formula is C22H22Cl3NO. The second-order valence-electron chi connectivity index (χ2n) is 6.19. The second kappa shape index (κ2) is 10.6. The third-order valence-corrected chi connectivity index (χ3v) is 4.81. The fourth-order valence-corrected chi connectivity index (χ4v) is 3.14. The van der Waals surface area contributed by atoms with Crippen molar-refractivity contribution in [3.05, 3.63) is 99.5 Å². The Kier molecular flexibility index (Phi) is 8.46. The van der Waals surface area contributed by atoms with Gasteiger partial charge in [0.05, 0.1) is 0 Å². The molecule has 0 saturated carbocycles. The minimum atomic E-state index is 0. The summed E-state index contributed by atoms with van der Waals surface area (Å²) in [6.45, 7) is 3.35. The van der Waals surface area contributed by atoms with Crippen LogP contribution >= 0.6 is 35.6 Å². The van der Waals surface area contributed by atoms with Crippen molar-refractivity contribution in [2.24, 2.45) is 0 Å². The molecule has 0 aromatic heterocycles. The lowest BCUT2D eigenvalue weighted by Crippen LogP contribution is -2.17. The zero-order valence-electron chi connectivity index (χ0n) is 15.0. The third-order valence-electron chi connectivity index (χ3n) is 4.22. The molecule has 0 saturated heterocycles. The quantitative estimate of drug-likeness (QED) is 0.450. The van der Waals surface area contributed by atoms with Crippen molar-refractivity contribution in [3.8, 4) is 5.75 Å². The molecule has 3 rings (SSSR count). The average Bonchev–Trinajstić information content (AvgIpc) is 2.66. The first-order valence-corrected chi connectivity index (χ1v) is 9.31. The molecule has 0 radical (unpaired) electrons. The van der Waals surface area contributed by atoms with Crippen LogP contribution in [0.1, 0.15) is 29.7 Å². The maximum absolute atomic E-state index is 6.20. The molecule has 2 nitrogen and oxygen atoms in total. The normalized spacial score (nSPS) is 11.5. The number of hydrogen-bond donors (Lipinski definition) is 1. The molecule has 0 bridgehead atoms. The van der Waals surface area contributed by atoms with E-state index >= 15 is 0 Å². The van der Waals surface area contributed by atoms with Gasteiger partial charge in [0.15, 0.2) is 0 Å². The molecule has 142 valence electrons. The van der Waals surface area contributed by atoms with Crippen LogP contribution in [0.3, 0.4) is 0 Å². The monoisotopic (exact) mass is 421 g/mol. The second-order valence-corrected chi connectivity index (χ2v) is 7.03. The summed E-state index contributed by atoms with van der Waals surface area (Å²) in [4.78, 5) is 0. The number of benzene rings is 3. The number of rotatable bonds is 7. The molecule has 1 unspecified atom stereocenters. The van der Waals surface area contributed by atoms with Crippen LogP contribution in [0.2, 0.25) is 10.0 Å². The molecule has 0 spiro atoms. The van der Waals surface area contributed by atoms with Gasteiger partial charge in [0, 0.05) is 28.2 Å². The highest BCUT2D eigenvalue weighted by Gasteiger charge is 2.06. The molecule has 3 aromatic carbocycles. The van der Waals surface area contributed by atoms with Gasteiger partial charge in [-0.3, -0.25) is 0 Å². The molecule has 0 amide bonds. The van der Waals surface area contributed by atoms with Crippen LogP contribution in [0.15, 0.2) is 72.8 Å². The third kappa shape index (κ3) is 6.44. The van der Waals surface area contributed by atoms with Gasteiger partial charge in [0.25, 0.3) is 0 Å². The van der Waals surface area contributed by atoms with Gasteiger partial charge >= 0.3 is 0 Å². The molecule has 0 heterocycles. The average molecular weight is 423 g/mol. The van der Waals surface area contributed by atoms with Crippen LogP contribution in [0, 0.1) is 0 Å². The Balaban J connectivity index is 0.00000261. The molecule has 0 fully saturated rings. The van der Waals surface area contributed by atoms with Crippen molar-refractivity contribution in [3.63, 3.8) is 0 Å². The SMILES string of the molecule is CC(NCc1cccc(OCc2ccc(Cl)cc2Cl)c1)c1ccccc1.Cl. The van der Waals surface area contributed by atoms with E-state index in [-0.39, 0.29) is 18.4 Å². The summed E-state index contributed by atoms with van der Waals surface area (Å²) >= 11 is 12.1. The van der Waals surface area contributed by atoms with Gasteiger partial charge < -0.3 is 10.1 Å². The molecular weight excluding hydrogens is 401 g/mol. The van der Waals surface area contributed by atoms with E-state index in [1.807, 2.05) is 30.3 Å². The van der Waals surface area contributed by atoms with Crippen LogP contribution in [0.5, 0.6) is 5.75 Å². The highest BCUT2D eigenvalue weighted by molar-refractivity contribution is 6.35. The highest BCUT2D eigenvalue weighted by Crippen LogP contribution is 2.23. The number of hydrogen-bond acceptors (Lipinski definition) is 2. The van der Waals surface area contributed by atoms with Crippen LogP contribution in [0.25, 0.3) is 0 Å². The number of nitrogens with one attached hydrogen (secondary N) is 1. The van der Waals surface area contributed by atoms with Gasteiger partial charge in [0.2, 0.25) is 0 Å². The minimum absolute atomic E-state index is 0. The van der Waals surface area contributed by atoms with Crippen molar-refractivity contribution in [1.29, 1.82) is 0 Å². The maximum Gasteiger partial charge on any atom is 0.120 e. The Labute approximate surface area is 176 Å². The standard InChI is InChI=1S/C22H21Cl2NO.ClH/c1-16(18-7-3-2-4-8-18)25-14-17-6-5-9-21(12-17)26-15-19-10-11-20(23)13-22(19)24;/h2-13,16,25H,14-15H2,1H3;1H. The first-order valence-electron chi connectivity index (χ1n) is 8.56. The Morgan fingerprint density at radius 2 is 1.70 bits per heavy atom.